The van der Waals surface area contributed by atoms with Crippen LogP contribution in [0.15, 0.2) is 45.3 Å². The molecule has 0 atom stereocenters. The highest BCUT2D eigenvalue weighted by molar-refractivity contribution is 9.10. The van der Waals surface area contributed by atoms with Crippen LogP contribution in [-0.2, 0) is 4.79 Å². The molecule has 0 unspecified atom stereocenters. The third kappa shape index (κ3) is 4.47. The Labute approximate surface area is 129 Å². The number of aryl methyl sites for hydroxylation is 1. The predicted molar refractivity (Wildman–Crippen MR) is 84.4 cm³/mol. The molecule has 104 valence electrons. The SMILES string of the molecule is Cc1cc(OCC(=O)N/N=C/c2cccs2)ccc1Br. The number of amides is 1. The molecule has 0 spiro atoms. The van der Waals surface area contributed by atoms with E-state index in [-0.39, 0.29) is 12.5 Å². The first-order valence-electron chi connectivity index (χ1n) is 5.89. The first-order valence-corrected chi connectivity index (χ1v) is 7.57. The van der Waals surface area contributed by atoms with Crippen molar-refractivity contribution in [3.05, 3.63) is 50.6 Å². The molecule has 0 saturated heterocycles. The minimum atomic E-state index is -0.293. The van der Waals surface area contributed by atoms with Crippen LogP contribution in [0.5, 0.6) is 5.75 Å². The number of nitrogens with zero attached hydrogens (tertiary/aromatic N) is 1. The van der Waals surface area contributed by atoms with Gasteiger partial charge >= 0.3 is 0 Å². The number of carbonyl (C=O) groups is 1. The second-order valence-corrected chi connectivity index (χ2v) is 5.84. The molecule has 1 amide bonds. The summed E-state index contributed by atoms with van der Waals surface area (Å²) in [7, 11) is 0. The minimum absolute atomic E-state index is 0.0666. The molecule has 20 heavy (non-hydrogen) atoms. The molecule has 0 fully saturated rings. The van der Waals surface area contributed by atoms with Gasteiger partial charge in [0.1, 0.15) is 5.75 Å². The van der Waals surface area contributed by atoms with Gasteiger partial charge in [-0.1, -0.05) is 22.0 Å². The van der Waals surface area contributed by atoms with Crippen molar-refractivity contribution in [2.24, 2.45) is 5.10 Å². The second-order valence-electron chi connectivity index (χ2n) is 4.01. The van der Waals surface area contributed by atoms with Crippen LogP contribution in [0.1, 0.15) is 10.4 Å². The number of halogens is 1. The number of carbonyl (C=O) groups excluding carboxylic acids is 1. The van der Waals surface area contributed by atoms with Crippen LogP contribution >= 0.6 is 27.3 Å². The van der Waals surface area contributed by atoms with Crippen LogP contribution in [0.3, 0.4) is 0 Å². The highest BCUT2D eigenvalue weighted by Crippen LogP contribution is 2.21. The van der Waals surface area contributed by atoms with Gasteiger partial charge in [0.05, 0.1) is 6.21 Å². The zero-order valence-corrected chi connectivity index (χ0v) is 13.2. The van der Waals surface area contributed by atoms with Gasteiger partial charge in [-0.3, -0.25) is 4.79 Å². The summed E-state index contributed by atoms with van der Waals surface area (Å²) in [5, 5.41) is 5.80. The normalized spacial score (nSPS) is 10.7. The molecule has 0 bridgehead atoms. The van der Waals surface area contributed by atoms with Crippen LogP contribution in [0.25, 0.3) is 0 Å². The van der Waals surface area contributed by atoms with Gasteiger partial charge in [0.15, 0.2) is 6.61 Å². The molecule has 0 aliphatic rings. The lowest BCUT2D eigenvalue weighted by Crippen LogP contribution is -2.24. The first-order chi connectivity index (χ1) is 9.65. The molecule has 6 heteroatoms. The molecule has 0 aliphatic carbocycles. The Morgan fingerprint density at radius 2 is 2.35 bits per heavy atom. The smallest absolute Gasteiger partial charge is 0.277 e. The molecular weight excluding hydrogens is 340 g/mol. The van der Waals surface area contributed by atoms with E-state index >= 15 is 0 Å². The molecule has 2 rings (SSSR count). The largest absolute Gasteiger partial charge is 0.484 e. The van der Waals surface area contributed by atoms with E-state index < -0.39 is 0 Å². The monoisotopic (exact) mass is 352 g/mol. The Balaban J connectivity index is 1.78. The zero-order valence-electron chi connectivity index (χ0n) is 10.8. The Bertz CT molecular complexity index is 612. The molecule has 2 aromatic rings. The fraction of sp³-hybridized carbons (Fsp3) is 0.143. The lowest BCUT2D eigenvalue weighted by atomic mass is 10.2. The number of rotatable bonds is 5. The van der Waals surface area contributed by atoms with Crippen LogP contribution in [0, 0.1) is 6.92 Å². The van der Waals surface area contributed by atoms with E-state index in [1.165, 1.54) is 0 Å². The van der Waals surface area contributed by atoms with Crippen LogP contribution < -0.4 is 10.2 Å². The van der Waals surface area contributed by atoms with Crippen molar-refractivity contribution in [2.75, 3.05) is 6.61 Å². The van der Waals surface area contributed by atoms with Gasteiger partial charge in [0, 0.05) is 9.35 Å². The number of hydrazone groups is 1. The fourth-order valence-corrected chi connectivity index (χ4v) is 2.25. The van der Waals surface area contributed by atoms with Gasteiger partial charge in [-0.2, -0.15) is 5.10 Å². The number of nitrogens with one attached hydrogen (secondary N) is 1. The average Bonchev–Trinajstić information content (AvgIpc) is 2.93. The summed E-state index contributed by atoms with van der Waals surface area (Å²) in [6.45, 7) is 1.89. The van der Waals surface area contributed by atoms with E-state index in [0.29, 0.717) is 5.75 Å². The standard InChI is InChI=1S/C14H13BrN2O2S/c1-10-7-11(4-5-13(10)15)19-9-14(18)17-16-8-12-3-2-6-20-12/h2-8H,9H2,1H3,(H,17,18)/b16-8+. The van der Waals surface area contributed by atoms with Gasteiger partial charge in [-0.15, -0.1) is 11.3 Å². The Kier molecular flexibility index (Phi) is 5.31. The molecule has 1 aromatic carbocycles. The lowest BCUT2D eigenvalue weighted by molar-refractivity contribution is -0.123. The van der Waals surface area contributed by atoms with Crippen LogP contribution in [0.4, 0.5) is 0 Å². The summed E-state index contributed by atoms with van der Waals surface area (Å²) < 4.78 is 6.40. The molecule has 1 heterocycles. The number of ether oxygens (including phenoxy) is 1. The summed E-state index contributed by atoms with van der Waals surface area (Å²) in [5.74, 6) is 0.362. The highest BCUT2D eigenvalue weighted by atomic mass is 79.9. The maximum atomic E-state index is 11.5. The van der Waals surface area contributed by atoms with E-state index in [9.17, 15) is 4.79 Å². The third-order valence-electron chi connectivity index (χ3n) is 2.42. The van der Waals surface area contributed by atoms with Gasteiger partial charge in [0.2, 0.25) is 0 Å². The number of thiophene rings is 1. The summed E-state index contributed by atoms with van der Waals surface area (Å²) >= 11 is 4.96. The quantitative estimate of drug-likeness (QED) is 0.662. The van der Waals surface area contributed by atoms with Gasteiger partial charge in [0.25, 0.3) is 5.91 Å². The van der Waals surface area contributed by atoms with Crippen molar-refractivity contribution < 1.29 is 9.53 Å². The zero-order chi connectivity index (χ0) is 14.4. The third-order valence-corrected chi connectivity index (χ3v) is 4.12. The van der Waals surface area contributed by atoms with E-state index in [1.807, 2.05) is 36.6 Å². The highest BCUT2D eigenvalue weighted by Gasteiger charge is 2.02. The van der Waals surface area contributed by atoms with Crippen LogP contribution in [-0.4, -0.2) is 18.7 Å². The number of benzene rings is 1. The summed E-state index contributed by atoms with van der Waals surface area (Å²) in [4.78, 5) is 12.5. The predicted octanol–water partition coefficient (Wildman–Crippen LogP) is 3.35. The lowest BCUT2D eigenvalue weighted by Gasteiger charge is -2.06. The van der Waals surface area contributed by atoms with E-state index in [2.05, 4.69) is 26.5 Å². The van der Waals surface area contributed by atoms with Gasteiger partial charge in [-0.25, -0.2) is 5.43 Å². The van der Waals surface area contributed by atoms with Crippen molar-refractivity contribution in [1.29, 1.82) is 0 Å². The summed E-state index contributed by atoms with van der Waals surface area (Å²) in [5.41, 5.74) is 3.47. The number of hydrogen-bond acceptors (Lipinski definition) is 4. The van der Waals surface area contributed by atoms with Gasteiger partial charge in [-0.05, 0) is 42.1 Å². The van der Waals surface area contributed by atoms with Crippen molar-refractivity contribution in [3.63, 3.8) is 0 Å². The Hall–Kier alpha value is -1.66. The molecule has 0 radical (unpaired) electrons. The first kappa shape index (κ1) is 14.7. The molecular formula is C14H13BrN2O2S. The van der Waals surface area contributed by atoms with E-state index in [0.717, 1.165) is 14.9 Å². The number of hydrogen-bond donors (Lipinski definition) is 1. The second kappa shape index (κ2) is 7.21. The maximum absolute atomic E-state index is 11.5. The molecule has 1 N–H and O–H groups in total. The molecule has 4 nitrogen and oxygen atoms in total. The fourth-order valence-electron chi connectivity index (χ4n) is 1.42. The van der Waals surface area contributed by atoms with E-state index in [4.69, 9.17) is 4.74 Å². The minimum Gasteiger partial charge on any atom is -0.484 e. The summed E-state index contributed by atoms with van der Waals surface area (Å²) in [6.07, 6.45) is 1.60. The molecule has 1 aromatic heterocycles. The Morgan fingerprint density at radius 1 is 1.50 bits per heavy atom. The van der Waals surface area contributed by atoms with Crippen molar-refractivity contribution >= 4 is 39.4 Å². The van der Waals surface area contributed by atoms with Crippen LogP contribution in [0.2, 0.25) is 0 Å². The van der Waals surface area contributed by atoms with Crippen molar-refractivity contribution in [2.45, 2.75) is 6.92 Å². The molecule has 0 saturated carbocycles. The summed E-state index contributed by atoms with van der Waals surface area (Å²) in [6, 6.07) is 9.40. The van der Waals surface area contributed by atoms with Crippen molar-refractivity contribution in [3.8, 4) is 5.75 Å². The molecule has 0 aliphatic heterocycles. The Morgan fingerprint density at radius 3 is 3.05 bits per heavy atom. The van der Waals surface area contributed by atoms with E-state index in [1.54, 1.807) is 23.6 Å². The topological polar surface area (TPSA) is 50.7 Å². The van der Waals surface area contributed by atoms with Gasteiger partial charge < -0.3 is 4.74 Å². The average molecular weight is 353 g/mol. The maximum Gasteiger partial charge on any atom is 0.277 e. The van der Waals surface area contributed by atoms with Crippen molar-refractivity contribution in [1.82, 2.24) is 5.43 Å².